The van der Waals surface area contributed by atoms with E-state index in [1.807, 2.05) is 26.8 Å². The Morgan fingerprint density at radius 1 is 1.29 bits per heavy atom. The summed E-state index contributed by atoms with van der Waals surface area (Å²) in [5.74, 6) is 1.39. The van der Waals surface area contributed by atoms with Gasteiger partial charge in [-0.25, -0.2) is 4.98 Å². The highest BCUT2D eigenvalue weighted by Gasteiger charge is 2.15. The van der Waals surface area contributed by atoms with Crippen LogP contribution >= 0.6 is 0 Å². The Labute approximate surface area is 102 Å². The average Bonchev–Trinajstić information content (AvgIpc) is 2.28. The van der Waals surface area contributed by atoms with E-state index in [2.05, 4.69) is 14.9 Å². The topological polar surface area (TPSA) is 47.5 Å². The van der Waals surface area contributed by atoms with Gasteiger partial charge in [-0.05, 0) is 20.8 Å². The number of aromatic nitrogens is 2. The van der Waals surface area contributed by atoms with Crippen LogP contribution in [0.25, 0.3) is 0 Å². The summed E-state index contributed by atoms with van der Waals surface area (Å²) in [6.07, 6.45) is 0.127. The van der Waals surface area contributed by atoms with Crippen LogP contribution < -0.4 is 9.64 Å². The molecule has 1 aliphatic heterocycles. The lowest BCUT2D eigenvalue weighted by Crippen LogP contribution is -2.37. The molecule has 0 N–H and O–H groups in total. The van der Waals surface area contributed by atoms with Gasteiger partial charge in [0.05, 0.1) is 19.3 Å². The molecule has 0 amide bonds. The van der Waals surface area contributed by atoms with Crippen molar-refractivity contribution in [2.75, 3.05) is 31.2 Å². The van der Waals surface area contributed by atoms with E-state index in [0.717, 1.165) is 37.9 Å². The van der Waals surface area contributed by atoms with Crippen LogP contribution in [0.5, 0.6) is 5.88 Å². The molecule has 0 saturated carbocycles. The molecule has 1 fully saturated rings. The fourth-order valence-electron chi connectivity index (χ4n) is 1.73. The summed E-state index contributed by atoms with van der Waals surface area (Å²) >= 11 is 0. The van der Waals surface area contributed by atoms with Crippen molar-refractivity contribution in [2.24, 2.45) is 0 Å². The lowest BCUT2D eigenvalue weighted by molar-refractivity contribution is 0.122. The van der Waals surface area contributed by atoms with Crippen molar-refractivity contribution < 1.29 is 9.47 Å². The van der Waals surface area contributed by atoms with Crippen LogP contribution in [0.15, 0.2) is 6.07 Å². The quantitative estimate of drug-likeness (QED) is 0.795. The second-order valence-corrected chi connectivity index (χ2v) is 4.41. The molecule has 5 heteroatoms. The molecule has 2 heterocycles. The highest BCUT2D eigenvalue weighted by molar-refractivity contribution is 5.34. The van der Waals surface area contributed by atoms with Gasteiger partial charge in [-0.15, -0.1) is 0 Å². The number of rotatable bonds is 3. The molecule has 1 aromatic heterocycles. The molecule has 17 heavy (non-hydrogen) atoms. The first kappa shape index (κ1) is 12.1. The zero-order valence-electron chi connectivity index (χ0n) is 10.6. The van der Waals surface area contributed by atoms with E-state index in [0.29, 0.717) is 5.88 Å². The van der Waals surface area contributed by atoms with E-state index in [1.54, 1.807) is 0 Å². The van der Waals surface area contributed by atoms with Gasteiger partial charge in [0.25, 0.3) is 0 Å². The van der Waals surface area contributed by atoms with Crippen molar-refractivity contribution in [3.05, 3.63) is 11.8 Å². The molecule has 0 aromatic carbocycles. The number of aryl methyl sites for hydroxylation is 1. The predicted molar refractivity (Wildman–Crippen MR) is 65.6 cm³/mol. The molecule has 0 bridgehead atoms. The number of hydrogen-bond donors (Lipinski definition) is 0. The monoisotopic (exact) mass is 237 g/mol. The van der Waals surface area contributed by atoms with Gasteiger partial charge in [-0.2, -0.15) is 4.98 Å². The van der Waals surface area contributed by atoms with Crippen molar-refractivity contribution in [3.8, 4) is 5.88 Å². The van der Waals surface area contributed by atoms with Crippen LogP contribution in [0, 0.1) is 6.92 Å². The average molecular weight is 237 g/mol. The minimum atomic E-state index is 0.127. The van der Waals surface area contributed by atoms with Crippen molar-refractivity contribution in [1.29, 1.82) is 0 Å². The van der Waals surface area contributed by atoms with Gasteiger partial charge < -0.3 is 14.4 Å². The lowest BCUT2D eigenvalue weighted by atomic mass is 10.4. The van der Waals surface area contributed by atoms with Gasteiger partial charge in [-0.1, -0.05) is 0 Å². The molecule has 1 aromatic rings. The lowest BCUT2D eigenvalue weighted by Gasteiger charge is -2.27. The molecule has 0 radical (unpaired) electrons. The van der Waals surface area contributed by atoms with Gasteiger partial charge >= 0.3 is 0 Å². The molecule has 2 rings (SSSR count). The normalized spacial score (nSPS) is 16.4. The number of nitrogens with zero attached hydrogens (tertiary/aromatic N) is 3. The Morgan fingerprint density at radius 3 is 2.65 bits per heavy atom. The predicted octanol–water partition coefficient (Wildman–Crippen LogP) is 1.41. The smallest absolute Gasteiger partial charge is 0.229 e. The third kappa shape index (κ3) is 3.30. The second-order valence-electron chi connectivity index (χ2n) is 4.41. The third-order valence-electron chi connectivity index (χ3n) is 2.47. The van der Waals surface area contributed by atoms with Gasteiger partial charge in [0.15, 0.2) is 0 Å². The first-order valence-corrected chi connectivity index (χ1v) is 6.00. The summed E-state index contributed by atoms with van der Waals surface area (Å²) in [6, 6.07) is 1.87. The summed E-state index contributed by atoms with van der Waals surface area (Å²) in [5.41, 5.74) is 0.928. The highest BCUT2D eigenvalue weighted by Crippen LogP contribution is 2.17. The van der Waals surface area contributed by atoms with E-state index in [-0.39, 0.29) is 6.10 Å². The summed E-state index contributed by atoms with van der Waals surface area (Å²) in [4.78, 5) is 11.0. The fraction of sp³-hybridized carbons (Fsp3) is 0.667. The minimum absolute atomic E-state index is 0.127. The molecule has 1 aliphatic rings. The van der Waals surface area contributed by atoms with Crippen LogP contribution in [0.4, 0.5) is 5.95 Å². The summed E-state index contributed by atoms with van der Waals surface area (Å²) in [7, 11) is 0. The SMILES string of the molecule is Cc1cc(OC(C)C)nc(N2CCOCC2)n1. The molecular formula is C12H19N3O2. The number of ether oxygens (including phenoxy) is 2. The molecule has 0 atom stereocenters. The maximum Gasteiger partial charge on any atom is 0.229 e. The highest BCUT2D eigenvalue weighted by atomic mass is 16.5. The third-order valence-corrected chi connectivity index (χ3v) is 2.47. The van der Waals surface area contributed by atoms with Gasteiger partial charge in [0.1, 0.15) is 0 Å². The van der Waals surface area contributed by atoms with Crippen molar-refractivity contribution in [1.82, 2.24) is 9.97 Å². The molecule has 1 saturated heterocycles. The molecule has 0 spiro atoms. The number of hydrogen-bond acceptors (Lipinski definition) is 5. The number of morpholine rings is 1. The largest absolute Gasteiger partial charge is 0.475 e. The first-order valence-electron chi connectivity index (χ1n) is 6.00. The van der Waals surface area contributed by atoms with E-state index < -0.39 is 0 Å². The van der Waals surface area contributed by atoms with Crippen LogP contribution in [-0.4, -0.2) is 42.4 Å². The van der Waals surface area contributed by atoms with Crippen LogP contribution in [-0.2, 0) is 4.74 Å². The van der Waals surface area contributed by atoms with Crippen LogP contribution in [0.2, 0.25) is 0 Å². The Morgan fingerprint density at radius 2 is 2.00 bits per heavy atom. The first-order chi connectivity index (χ1) is 8.15. The number of anilines is 1. The summed E-state index contributed by atoms with van der Waals surface area (Å²) in [6.45, 7) is 9.08. The Kier molecular flexibility index (Phi) is 3.78. The molecular weight excluding hydrogens is 218 g/mol. The van der Waals surface area contributed by atoms with E-state index >= 15 is 0 Å². The maximum atomic E-state index is 5.62. The van der Waals surface area contributed by atoms with Crippen LogP contribution in [0.1, 0.15) is 19.5 Å². The molecule has 5 nitrogen and oxygen atoms in total. The van der Waals surface area contributed by atoms with Crippen molar-refractivity contribution in [3.63, 3.8) is 0 Å². The van der Waals surface area contributed by atoms with Crippen molar-refractivity contribution in [2.45, 2.75) is 26.9 Å². The van der Waals surface area contributed by atoms with Crippen LogP contribution in [0.3, 0.4) is 0 Å². The Hall–Kier alpha value is -1.36. The summed E-state index contributed by atoms with van der Waals surface area (Å²) in [5, 5.41) is 0. The maximum absolute atomic E-state index is 5.62. The van der Waals surface area contributed by atoms with Crippen molar-refractivity contribution >= 4 is 5.95 Å². The van der Waals surface area contributed by atoms with E-state index in [1.165, 1.54) is 0 Å². The van der Waals surface area contributed by atoms with E-state index in [4.69, 9.17) is 9.47 Å². The molecule has 94 valence electrons. The van der Waals surface area contributed by atoms with Gasteiger partial charge in [-0.3, -0.25) is 0 Å². The Balaban J connectivity index is 2.18. The fourth-order valence-corrected chi connectivity index (χ4v) is 1.73. The van der Waals surface area contributed by atoms with Gasteiger partial charge in [0.2, 0.25) is 11.8 Å². The minimum Gasteiger partial charge on any atom is -0.475 e. The van der Waals surface area contributed by atoms with Gasteiger partial charge in [0, 0.05) is 24.8 Å². The zero-order chi connectivity index (χ0) is 12.3. The molecule has 0 unspecified atom stereocenters. The van der Waals surface area contributed by atoms with E-state index in [9.17, 15) is 0 Å². The second kappa shape index (κ2) is 5.31. The summed E-state index contributed by atoms with van der Waals surface area (Å²) < 4.78 is 10.9. The zero-order valence-corrected chi connectivity index (χ0v) is 10.6. The Bertz CT molecular complexity index is 376. The standard InChI is InChI=1S/C12H19N3O2/c1-9(2)17-11-8-10(3)13-12(14-11)15-4-6-16-7-5-15/h8-9H,4-7H2,1-3H3. The molecule has 0 aliphatic carbocycles.